The molecular weight excluding hydrogens is 264 g/mol. The van der Waals surface area contributed by atoms with Crippen molar-refractivity contribution in [1.82, 2.24) is 10.1 Å². The molecule has 1 unspecified atom stereocenters. The Labute approximate surface area is 115 Å². The normalized spacial score (nSPS) is 18.9. The molecule has 1 fully saturated rings. The number of aromatic nitrogens is 2. The molecule has 7 nitrogen and oxygen atoms in total. The lowest BCUT2D eigenvalue weighted by atomic mass is 10.2. The van der Waals surface area contributed by atoms with E-state index in [9.17, 15) is 5.11 Å². The molecule has 0 radical (unpaired) electrons. The van der Waals surface area contributed by atoms with Gasteiger partial charge in [-0.2, -0.15) is 4.98 Å². The van der Waals surface area contributed by atoms with Gasteiger partial charge >= 0.3 is 0 Å². The van der Waals surface area contributed by atoms with E-state index in [4.69, 9.17) is 18.7 Å². The van der Waals surface area contributed by atoms with Crippen molar-refractivity contribution < 1.29 is 23.8 Å². The van der Waals surface area contributed by atoms with Crippen molar-refractivity contribution in [2.45, 2.75) is 6.10 Å². The number of phenols is 1. The van der Waals surface area contributed by atoms with Crippen molar-refractivity contribution in [2.24, 2.45) is 0 Å². The highest BCUT2D eigenvalue weighted by molar-refractivity contribution is 5.59. The minimum absolute atomic E-state index is 0.0157. The molecule has 20 heavy (non-hydrogen) atoms. The zero-order chi connectivity index (χ0) is 13.9. The molecule has 3 rings (SSSR count). The first-order chi connectivity index (χ1) is 9.78. The van der Waals surface area contributed by atoms with E-state index in [1.54, 1.807) is 12.1 Å². The summed E-state index contributed by atoms with van der Waals surface area (Å²) in [6.45, 7) is 1.50. The lowest BCUT2D eigenvalue weighted by Crippen LogP contribution is -2.22. The minimum atomic E-state index is -0.312. The minimum Gasteiger partial charge on any atom is -0.504 e. The third-order valence-electron chi connectivity index (χ3n) is 2.97. The number of aromatic hydroxyl groups is 1. The Morgan fingerprint density at radius 1 is 1.35 bits per heavy atom. The molecule has 2 heterocycles. The number of phenolic OH excluding ortho intramolecular Hbond substituents is 1. The van der Waals surface area contributed by atoms with Crippen LogP contribution in [-0.2, 0) is 9.47 Å². The van der Waals surface area contributed by atoms with E-state index in [1.807, 2.05) is 0 Å². The maximum Gasteiger partial charge on any atom is 0.258 e. The van der Waals surface area contributed by atoms with Crippen LogP contribution in [0.3, 0.4) is 0 Å². The maximum absolute atomic E-state index is 9.75. The second-order valence-electron chi connectivity index (χ2n) is 4.28. The molecule has 1 aromatic carbocycles. The van der Waals surface area contributed by atoms with Crippen LogP contribution in [0.4, 0.5) is 0 Å². The van der Waals surface area contributed by atoms with Crippen LogP contribution in [0.15, 0.2) is 22.7 Å². The van der Waals surface area contributed by atoms with Crippen LogP contribution in [0.1, 0.15) is 11.9 Å². The molecule has 0 amide bonds. The predicted molar refractivity (Wildman–Crippen MR) is 67.5 cm³/mol. The van der Waals surface area contributed by atoms with Gasteiger partial charge in [-0.15, -0.1) is 0 Å². The molecule has 7 heteroatoms. The van der Waals surface area contributed by atoms with Gasteiger partial charge in [-0.25, -0.2) is 0 Å². The molecule has 1 atom stereocenters. The van der Waals surface area contributed by atoms with Crippen molar-refractivity contribution in [1.29, 1.82) is 0 Å². The fraction of sp³-hybridized carbons (Fsp3) is 0.385. The molecule has 0 aliphatic carbocycles. The van der Waals surface area contributed by atoms with Crippen LogP contribution in [0.2, 0.25) is 0 Å². The topological polar surface area (TPSA) is 86.8 Å². The number of methoxy groups -OCH3 is 1. The summed E-state index contributed by atoms with van der Waals surface area (Å²) in [6.07, 6.45) is -0.312. The van der Waals surface area contributed by atoms with Gasteiger partial charge in [-0.1, -0.05) is 5.16 Å². The second-order valence-corrected chi connectivity index (χ2v) is 4.28. The van der Waals surface area contributed by atoms with Gasteiger partial charge in [0.15, 0.2) is 11.5 Å². The van der Waals surface area contributed by atoms with Crippen LogP contribution in [0.25, 0.3) is 11.5 Å². The monoisotopic (exact) mass is 278 g/mol. The zero-order valence-corrected chi connectivity index (χ0v) is 10.9. The second kappa shape index (κ2) is 5.48. The Morgan fingerprint density at radius 3 is 2.95 bits per heavy atom. The van der Waals surface area contributed by atoms with Gasteiger partial charge in [-0.05, 0) is 18.2 Å². The molecule has 0 spiro atoms. The molecule has 1 aliphatic heterocycles. The fourth-order valence-corrected chi connectivity index (χ4v) is 1.94. The van der Waals surface area contributed by atoms with Crippen LogP contribution in [-0.4, -0.2) is 42.2 Å². The summed E-state index contributed by atoms with van der Waals surface area (Å²) in [6, 6.07) is 4.87. The SMILES string of the molecule is COc1ccc(-c2nc(C3COCCO3)no2)cc1O. The quantitative estimate of drug-likeness (QED) is 0.911. The van der Waals surface area contributed by atoms with Crippen molar-refractivity contribution in [3.05, 3.63) is 24.0 Å². The standard InChI is InChI=1S/C13H14N2O5/c1-17-10-3-2-8(6-9(10)16)13-14-12(15-20-13)11-7-18-4-5-19-11/h2-3,6,11,16H,4-5,7H2,1H3. The van der Waals surface area contributed by atoms with Gasteiger partial charge in [0.05, 0.1) is 26.9 Å². The van der Waals surface area contributed by atoms with E-state index < -0.39 is 0 Å². The molecule has 1 N–H and O–H groups in total. The Balaban J connectivity index is 1.84. The summed E-state index contributed by atoms with van der Waals surface area (Å²) < 4.78 is 21.0. The number of benzene rings is 1. The summed E-state index contributed by atoms with van der Waals surface area (Å²) in [4.78, 5) is 4.27. The van der Waals surface area contributed by atoms with Crippen molar-refractivity contribution in [2.75, 3.05) is 26.9 Å². The van der Waals surface area contributed by atoms with Gasteiger partial charge in [0.25, 0.3) is 5.89 Å². The summed E-state index contributed by atoms with van der Waals surface area (Å²) in [7, 11) is 1.49. The average Bonchev–Trinajstić information content (AvgIpc) is 2.98. The van der Waals surface area contributed by atoms with E-state index in [0.29, 0.717) is 42.8 Å². The number of ether oxygens (including phenoxy) is 3. The predicted octanol–water partition coefficient (Wildman–Crippen LogP) is 1.54. The highest BCUT2D eigenvalue weighted by atomic mass is 16.6. The molecular formula is C13H14N2O5. The largest absolute Gasteiger partial charge is 0.504 e. The van der Waals surface area contributed by atoms with Crippen LogP contribution in [0, 0.1) is 0 Å². The third-order valence-corrected chi connectivity index (χ3v) is 2.97. The van der Waals surface area contributed by atoms with E-state index >= 15 is 0 Å². The highest BCUT2D eigenvalue weighted by Gasteiger charge is 2.23. The van der Waals surface area contributed by atoms with Gasteiger partial charge in [0.2, 0.25) is 5.82 Å². The summed E-state index contributed by atoms with van der Waals surface area (Å²) in [5.74, 6) is 1.15. The number of hydrogen-bond donors (Lipinski definition) is 1. The third kappa shape index (κ3) is 2.45. The first-order valence-electron chi connectivity index (χ1n) is 6.18. The number of nitrogens with zero attached hydrogens (tertiary/aromatic N) is 2. The molecule has 106 valence electrons. The Bertz CT molecular complexity index is 592. The molecule has 0 bridgehead atoms. The van der Waals surface area contributed by atoms with E-state index in [-0.39, 0.29) is 11.9 Å². The summed E-state index contributed by atoms with van der Waals surface area (Å²) in [5, 5.41) is 13.6. The van der Waals surface area contributed by atoms with Crippen molar-refractivity contribution >= 4 is 0 Å². The van der Waals surface area contributed by atoms with Crippen LogP contribution < -0.4 is 4.74 Å². The van der Waals surface area contributed by atoms with Gasteiger partial charge in [0, 0.05) is 5.56 Å². The van der Waals surface area contributed by atoms with Crippen molar-refractivity contribution in [3.63, 3.8) is 0 Å². The summed E-state index contributed by atoms with van der Waals surface area (Å²) in [5.41, 5.74) is 0.610. The first kappa shape index (κ1) is 12.9. The number of hydrogen-bond acceptors (Lipinski definition) is 7. The van der Waals surface area contributed by atoms with Gasteiger partial charge in [0.1, 0.15) is 6.10 Å². The molecule has 2 aromatic rings. The van der Waals surface area contributed by atoms with Gasteiger partial charge < -0.3 is 23.8 Å². The Kier molecular flexibility index (Phi) is 3.53. The van der Waals surface area contributed by atoms with E-state index in [1.165, 1.54) is 13.2 Å². The first-order valence-corrected chi connectivity index (χ1v) is 6.18. The lowest BCUT2D eigenvalue weighted by molar-refractivity contribution is -0.0941. The van der Waals surface area contributed by atoms with Crippen LogP contribution in [0.5, 0.6) is 11.5 Å². The Morgan fingerprint density at radius 2 is 2.25 bits per heavy atom. The summed E-state index contributed by atoms with van der Waals surface area (Å²) >= 11 is 0. The molecule has 0 saturated carbocycles. The highest BCUT2D eigenvalue weighted by Crippen LogP contribution is 2.31. The van der Waals surface area contributed by atoms with Crippen LogP contribution >= 0.6 is 0 Å². The van der Waals surface area contributed by atoms with Gasteiger partial charge in [-0.3, -0.25) is 0 Å². The Hall–Kier alpha value is -2.12. The average molecular weight is 278 g/mol. The van der Waals surface area contributed by atoms with E-state index in [0.717, 1.165) is 0 Å². The van der Waals surface area contributed by atoms with Crippen molar-refractivity contribution in [3.8, 4) is 23.0 Å². The zero-order valence-electron chi connectivity index (χ0n) is 10.9. The molecule has 1 aliphatic rings. The fourth-order valence-electron chi connectivity index (χ4n) is 1.94. The number of rotatable bonds is 3. The maximum atomic E-state index is 9.75. The molecule has 1 saturated heterocycles. The lowest BCUT2D eigenvalue weighted by Gasteiger charge is -2.19. The van der Waals surface area contributed by atoms with E-state index in [2.05, 4.69) is 10.1 Å². The smallest absolute Gasteiger partial charge is 0.258 e. The molecule has 1 aromatic heterocycles.